The van der Waals surface area contributed by atoms with E-state index in [9.17, 15) is 0 Å². The van der Waals surface area contributed by atoms with Crippen molar-refractivity contribution in [1.82, 2.24) is 0 Å². The van der Waals surface area contributed by atoms with Crippen LogP contribution in [0.4, 0.5) is 0 Å². The van der Waals surface area contributed by atoms with Gasteiger partial charge < -0.3 is 5.73 Å². The Morgan fingerprint density at radius 2 is 2.43 bits per heavy atom. The van der Waals surface area contributed by atoms with E-state index in [0.29, 0.717) is 5.70 Å². The molecule has 0 unspecified atom stereocenters. The van der Waals surface area contributed by atoms with Gasteiger partial charge >= 0.3 is 0 Å². The average Bonchev–Trinajstić information content (AvgIpc) is 1.68. The summed E-state index contributed by atoms with van der Waals surface area (Å²) in [6.45, 7) is 5.21. The van der Waals surface area contributed by atoms with Gasteiger partial charge in [0, 0.05) is 11.8 Å². The minimum Gasteiger partial charge on any atom is -0.398 e. The maximum Gasteiger partial charge on any atom is 0.0348 e. The molecule has 0 saturated carbocycles. The van der Waals surface area contributed by atoms with Crippen molar-refractivity contribution in [2.45, 2.75) is 6.92 Å². The fourth-order valence-corrected chi connectivity index (χ4v) is 0.201. The molecule has 0 fully saturated rings. The average molecular weight is 95.1 g/mol. The predicted octanol–water partition coefficient (Wildman–Crippen LogP) is 1.19. The molecule has 0 saturated heterocycles. The zero-order valence-corrected chi connectivity index (χ0v) is 4.44. The van der Waals surface area contributed by atoms with Crippen LogP contribution in [0.25, 0.3) is 0 Å². The molecule has 0 atom stereocenters. The van der Waals surface area contributed by atoms with Crippen LogP contribution >= 0.6 is 0 Å². The van der Waals surface area contributed by atoms with Crippen LogP contribution in [0.1, 0.15) is 6.92 Å². The van der Waals surface area contributed by atoms with E-state index in [4.69, 9.17) is 5.73 Å². The first-order chi connectivity index (χ1) is 3.31. The highest BCUT2D eigenvalue weighted by atomic mass is 14.5. The third-order valence-electron chi connectivity index (χ3n) is 0.602. The van der Waals surface area contributed by atoms with E-state index < -0.39 is 0 Å². The van der Waals surface area contributed by atoms with E-state index >= 15 is 0 Å². The van der Waals surface area contributed by atoms with Gasteiger partial charge in [0.2, 0.25) is 0 Å². The first-order valence-electron chi connectivity index (χ1n) is 2.09. The molecule has 0 aliphatic heterocycles. The van der Waals surface area contributed by atoms with E-state index in [1.807, 2.05) is 6.92 Å². The molecule has 0 aromatic carbocycles. The topological polar surface area (TPSA) is 26.0 Å². The van der Waals surface area contributed by atoms with Crippen LogP contribution in [0.2, 0.25) is 0 Å². The first-order valence-corrected chi connectivity index (χ1v) is 2.09. The van der Waals surface area contributed by atoms with Gasteiger partial charge in [-0.3, -0.25) is 0 Å². The quantitative estimate of drug-likeness (QED) is 0.384. The molecule has 0 aromatic rings. The number of hydrogen-bond donors (Lipinski definition) is 1. The van der Waals surface area contributed by atoms with Crippen molar-refractivity contribution in [3.8, 4) is 0 Å². The second kappa shape index (κ2) is 3.26. The summed E-state index contributed by atoms with van der Waals surface area (Å²) < 4.78 is 0. The predicted molar refractivity (Wildman–Crippen MR) is 31.7 cm³/mol. The van der Waals surface area contributed by atoms with Crippen LogP contribution in [0, 0.1) is 0 Å². The molecule has 0 bridgehead atoms. The van der Waals surface area contributed by atoms with Gasteiger partial charge in [-0.05, 0) is 6.92 Å². The number of rotatable bonds is 1. The minimum absolute atomic E-state index is 0.704. The summed E-state index contributed by atoms with van der Waals surface area (Å²) in [5.74, 6) is 0. The Morgan fingerprint density at radius 3 is 2.57 bits per heavy atom. The van der Waals surface area contributed by atoms with Crippen LogP contribution in [0.5, 0.6) is 0 Å². The molecular formula is C6H9N. The molecule has 0 aliphatic carbocycles. The fourth-order valence-electron chi connectivity index (χ4n) is 0.201. The van der Waals surface area contributed by atoms with Gasteiger partial charge in [0.1, 0.15) is 0 Å². The van der Waals surface area contributed by atoms with Crippen LogP contribution in [-0.4, -0.2) is 0 Å². The Hall–Kier alpha value is -0.940. The molecule has 0 radical (unpaired) electrons. The summed E-state index contributed by atoms with van der Waals surface area (Å²) in [4.78, 5) is 0. The molecule has 0 aromatic heterocycles. The molecule has 0 aliphatic rings. The Kier molecular flexibility index (Phi) is 2.82. The standard InChI is InChI=1S/C6H9N/c1-3-5-6(7)4-2/h4-5H,1,7H2,2H3/b6-4+. The molecule has 0 spiro atoms. The normalized spacial score (nSPS) is 10.1. The van der Waals surface area contributed by atoms with Crippen molar-refractivity contribution in [2.75, 3.05) is 0 Å². The maximum absolute atomic E-state index is 5.29. The monoisotopic (exact) mass is 95.1 g/mol. The van der Waals surface area contributed by atoms with Gasteiger partial charge in [-0.15, -0.1) is 5.73 Å². The third kappa shape index (κ3) is 2.87. The van der Waals surface area contributed by atoms with E-state index in [-0.39, 0.29) is 0 Å². The van der Waals surface area contributed by atoms with Gasteiger partial charge in [-0.1, -0.05) is 12.7 Å². The van der Waals surface area contributed by atoms with Crippen molar-refractivity contribution in [3.63, 3.8) is 0 Å². The summed E-state index contributed by atoms with van der Waals surface area (Å²) in [6, 6.07) is 0. The van der Waals surface area contributed by atoms with Crippen molar-refractivity contribution in [2.24, 2.45) is 5.73 Å². The van der Waals surface area contributed by atoms with E-state index in [1.54, 1.807) is 12.2 Å². The van der Waals surface area contributed by atoms with Crippen LogP contribution in [-0.2, 0) is 0 Å². The van der Waals surface area contributed by atoms with Crippen molar-refractivity contribution in [3.05, 3.63) is 30.2 Å². The lowest BCUT2D eigenvalue weighted by atomic mass is 10.4. The van der Waals surface area contributed by atoms with Gasteiger partial charge in [0.05, 0.1) is 0 Å². The largest absolute Gasteiger partial charge is 0.398 e. The van der Waals surface area contributed by atoms with Gasteiger partial charge in [0.25, 0.3) is 0 Å². The lowest BCUT2D eigenvalue weighted by Crippen LogP contribution is -1.89. The SMILES string of the molecule is C=C=C/C(N)=C\C. The van der Waals surface area contributed by atoms with E-state index in [2.05, 4.69) is 12.3 Å². The lowest BCUT2D eigenvalue weighted by molar-refractivity contribution is 1.40. The molecule has 2 N–H and O–H groups in total. The Bertz CT molecular complexity index is 116. The Labute approximate surface area is 43.8 Å². The zero-order valence-electron chi connectivity index (χ0n) is 4.44. The van der Waals surface area contributed by atoms with Crippen molar-refractivity contribution >= 4 is 0 Å². The molecule has 0 rings (SSSR count). The number of hydrogen-bond acceptors (Lipinski definition) is 1. The number of nitrogens with two attached hydrogens (primary N) is 1. The van der Waals surface area contributed by atoms with E-state index in [1.165, 1.54) is 0 Å². The second-order valence-corrected chi connectivity index (χ2v) is 1.14. The maximum atomic E-state index is 5.29. The van der Waals surface area contributed by atoms with Gasteiger partial charge in [0.15, 0.2) is 0 Å². The highest BCUT2D eigenvalue weighted by Crippen LogP contribution is 1.79. The fraction of sp³-hybridized carbons (Fsp3) is 0.167. The highest BCUT2D eigenvalue weighted by molar-refractivity contribution is 5.11. The van der Waals surface area contributed by atoms with E-state index in [0.717, 1.165) is 0 Å². The molecular weight excluding hydrogens is 86.1 g/mol. The smallest absolute Gasteiger partial charge is 0.0348 e. The molecule has 0 heterocycles. The van der Waals surface area contributed by atoms with Crippen LogP contribution in [0.3, 0.4) is 0 Å². The highest BCUT2D eigenvalue weighted by Gasteiger charge is 1.69. The van der Waals surface area contributed by atoms with Crippen LogP contribution in [0.15, 0.2) is 30.2 Å². The Balaban J connectivity index is 3.82. The molecule has 1 heteroatoms. The summed E-state index contributed by atoms with van der Waals surface area (Å²) >= 11 is 0. The lowest BCUT2D eigenvalue weighted by Gasteiger charge is -1.80. The molecule has 38 valence electrons. The number of allylic oxidation sites excluding steroid dienone is 2. The van der Waals surface area contributed by atoms with Crippen molar-refractivity contribution in [1.29, 1.82) is 0 Å². The van der Waals surface area contributed by atoms with Crippen molar-refractivity contribution < 1.29 is 0 Å². The summed E-state index contributed by atoms with van der Waals surface area (Å²) in [5.41, 5.74) is 8.54. The second-order valence-electron chi connectivity index (χ2n) is 1.14. The third-order valence-corrected chi connectivity index (χ3v) is 0.602. The summed E-state index contributed by atoms with van der Waals surface area (Å²) in [5, 5.41) is 0. The molecule has 1 nitrogen and oxygen atoms in total. The van der Waals surface area contributed by atoms with Gasteiger partial charge in [-0.2, -0.15) is 0 Å². The first kappa shape index (κ1) is 6.06. The Morgan fingerprint density at radius 1 is 1.86 bits per heavy atom. The molecule has 0 amide bonds. The van der Waals surface area contributed by atoms with Gasteiger partial charge in [-0.25, -0.2) is 0 Å². The molecule has 7 heavy (non-hydrogen) atoms. The summed E-state index contributed by atoms with van der Waals surface area (Å²) in [6.07, 6.45) is 3.41. The minimum atomic E-state index is 0.704. The summed E-state index contributed by atoms with van der Waals surface area (Å²) in [7, 11) is 0. The zero-order chi connectivity index (χ0) is 5.70. The van der Waals surface area contributed by atoms with Crippen LogP contribution < -0.4 is 5.73 Å².